The minimum atomic E-state index is 0.166. The maximum Gasteiger partial charge on any atom is 0.164 e. The number of pyridine rings is 1. The van der Waals surface area contributed by atoms with E-state index in [4.69, 9.17) is 0 Å². The average Bonchev–Trinajstić information content (AvgIpc) is 2.87. The molecule has 0 saturated heterocycles. The van der Waals surface area contributed by atoms with Gasteiger partial charge in [0.05, 0.1) is 17.4 Å². The molecule has 0 aliphatic heterocycles. The second-order valence-electron chi connectivity index (χ2n) is 4.42. The Labute approximate surface area is 111 Å². The molecule has 19 heavy (non-hydrogen) atoms. The Morgan fingerprint density at radius 3 is 2.79 bits per heavy atom. The van der Waals surface area contributed by atoms with E-state index in [9.17, 15) is 4.79 Å². The Morgan fingerprint density at radius 1 is 1.21 bits per heavy atom. The van der Waals surface area contributed by atoms with Crippen LogP contribution in [0.2, 0.25) is 0 Å². The summed E-state index contributed by atoms with van der Waals surface area (Å²) in [4.78, 5) is 16.2. The standard InChI is InChI=1S/C16H14N2O/c1-2-16(19)14-11-18(12-6-5-9-17-10-12)15-8-4-3-7-13(14)15/h3-11H,2H2,1H3. The van der Waals surface area contributed by atoms with Crippen LogP contribution in [-0.2, 0) is 0 Å². The van der Waals surface area contributed by atoms with Crippen LogP contribution in [0.3, 0.4) is 0 Å². The van der Waals surface area contributed by atoms with Crippen molar-refractivity contribution >= 4 is 16.7 Å². The highest BCUT2D eigenvalue weighted by Gasteiger charge is 2.13. The third kappa shape index (κ3) is 1.93. The lowest BCUT2D eigenvalue weighted by molar-refractivity contribution is 0.0989. The molecule has 1 aromatic carbocycles. The van der Waals surface area contributed by atoms with Crippen molar-refractivity contribution in [2.75, 3.05) is 0 Å². The monoisotopic (exact) mass is 250 g/mol. The van der Waals surface area contributed by atoms with Crippen molar-refractivity contribution in [1.82, 2.24) is 9.55 Å². The molecule has 0 N–H and O–H groups in total. The molecule has 0 radical (unpaired) electrons. The lowest BCUT2D eigenvalue weighted by Crippen LogP contribution is -1.95. The zero-order valence-electron chi connectivity index (χ0n) is 10.7. The zero-order chi connectivity index (χ0) is 13.2. The van der Waals surface area contributed by atoms with Crippen molar-refractivity contribution in [3.63, 3.8) is 0 Å². The number of ketones is 1. The molecule has 3 heteroatoms. The summed E-state index contributed by atoms with van der Waals surface area (Å²) >= 11 is 0. The fraction of sp³-hybridized carbons (Fsp3) is 0.125. The Bertz CT molecular complexity index is 729. The van der Waals surface area contributed by atoms with Gasteiger partial charge in [0.2, 0.25) is 0 Å². The van der Waals surface area contributed by atoms with Gasteiger partial charge in [0.1, 0.15) is 0 Å². The maximum atomic E-state index is 12.0. The largest absolute Gasteiger partial charge is 0.314 e. The number of hydrogen-bond acceptors (Lipinski definition) is 2. The molecule has 3 rings (SSSR count). The highest BCUT2D eigenvalue weighted by molar-refractivity contribution is 6.08. The highest BCUT2D eigenvalue weighted by atomic mass is 16.1. The topological polar surface area (TPSA) is 34.9 Å². The average molecular weight is 250 g/mol. The third-order valence-electron chi connectivity index (χ3n) is 3.26. The van der Waals surface area contributed by atoms with Crippen molar-refractivity contribution in [3.8, 4) is 5.69 Å². The number of hydrogen-bond donors (Lipinski definition) is 0. The number of para-hydroxylation sites is 1. The number of fused-ring (bicyclic) bond motifs is 1. The molecule has 0 amide bonds. The van der Waals surface area contributed by atoms with Gasteiger partial charge in [-0.05, 0) is 18.2 Å². The van der Waals surface area contributed by atoms with Gasteiger partial charge in [-0.3, -0.25) is 9.78 Å². The van der Waals surface area contributed by atoms with E-state index in [-0.39, 0.29) is 5.78 Å². The van der Waals surface area contributed by atoms with Crippen LogP contribution in [0.5, 0.6) is 0 Å². The summed E-state index contributed by atoms with van der Waals surface area (Å²) in [5.74, 6) is 0.166. The van der Waals surface area contributed by atoms with Crippen LogP contribution in [0.25, 0.3) is 16.6 Å². The van der Waals surface area contributed by atoms with E-state index in [2.05, 4.69) is 4.98 Å². The Kier molecular flexibility index (Phi) is 2.88. The quantitative estimate of drug-likeness (QED) is 0.665. The molecule has 0 aliphatic rings. The van der Waals surface area contributed by atoms with E-state index in [0.29, 0.717) is 6.42 Å². The first-order valence-corrected chi connectivity index (χ1v) is 6.35. The van der Waals surface area contributed by atoms with E-state index in [1.165, 1.54) is 0 Å². The molecule has 0 saturated carbocycles. The normalized spacial score (nSPS) is 10.8. The molecular formula is C16H14N2O. The maximum absolute atomic E-state index is 12.0. The summed E-state index contributed by atoms with van der Waals surface area (Å²) in [5, 5.41) is 0.998. The first kappa shape index (κ1) is 11.7. The number of Topliss-reactive ketones (excluding diaryl/α,β-unsaturated/α-hetero) is 1. The van der Waals surface area contributed by atoms with Gasteiger partial charge >= 0.3 is 0 Å². The van der Waals surface area contributed by atoms with E-state index in [1.54, 1.807) is 12.4 Å². The molecule has 2 aromatic heterocycles. The van der Waals surface area contributed by atoms with E-state index in [1.807, 2.05) is 54.1 Å². The van der Waals surface area contributed by atoms with Gasteiger partial charge in [-0.1, -0.05) is 25.1 Å². The molecule has 2 heterocycles. The van der Waals surface area contributed by atoms with Crippen molar-refractivity contribution < 1.29 is 4.79 Å². The number of carbonyl (C=O) groups excluding carboxylic acids is 1. The molecule has 0 bridgehead atoms. The summed E-state index contributed by atoms with van der Waals surface area (Å²) in [6.45, 7) is 1.89. The minimum absolute atomic E-state index is 0.166. The number of carbonyl (C=O) groups is 1. The number of benzene rings is 1. The second kappa shape index (κ2) is 4.69. The molecule has 0 aliphatic carbocycles. The summed E-state index contributed by atoms with van der Waals surface area (Å²) in [6, 6.07) is 11.8. The molecule has 3 nitrogen and oxygen atoms in total. The Morgan fingerprint density at radius 2 is 2.05 bits per heavy atom. The van der Waals surface area contributed by atoms with Crippen molar-refractivity contribution in [3.05, 3.63) is 60.6 Å². The molecular weight excluding hydrogens is 236 g/mol. The van der Waals surface area contributed by atoms with Gasteiger partial charge < -0.3 is 4.57 Å². The van der Waals surface area contributed by atoms with Crippen molar-refractivity contribution in [2.24, 2.45) is 0 Å². The van der Waals surface area contributed by atoms with Crippen LogP contribution in [0.4, 0.5) is 0 Å². The molecule has 0 atom stereocenters. The minimum Gasteiger partial charge on any atom is -0.314 e. The highest BCUT2D eigenvalue weighted by Crippen LogP contribution is 2.25. The van der Waals surface area contributed by atoms with E-state index in [0.717, 1.165) is 22.2 Å². The van der Waals surface area contributed by atoms with E-state index < -0.39 is 0 Å². The lowest BCUT2D eigenvalue weighted by Gasteiger charge is -2.03. The van der Waals surface area contributed by atoms with Crippen LogP contribution < -0.4 is 0 Å². The van der Waals surface area contributed by atoms with Crippen LogP contribution >= 0.6 is 0 Å². The van der Waals surface area contributed by atoms with Crippen LogP contribution in [0.15, 0.2) is 55.0 Å². The molecule has 0 fully saturated rings. The summed E-state index contributed by atoms with van der Waals surface area (Å²) in [6.07, 6.45) is 5.97. The molecule has 0 spiro atoms. The van der Waals surface area contributed by atoms with Gasteiger partial charge in [0, 0.05) is 29.8 Å². The lowest BCUT2D eigenvalue weighted by atomic mass is 10.1. The third-order valence-corrected chi connectivity index (χ3v) is 3.26. The van der Waals surface area contributed by atoms with Crippen molar-refractivity contribution in [1.29, 1.82) is 0 Å². The number of nitrogens with zero attached hydrogens (tertiary/aromatic N) is 2. The summed E-state index contributed by atoms with van der Waals surface area (Å²) in [5.41, 5.74) is 2.78. The van der Waals surface area contributed by atoms with Gasteiger partial charge in [0.15, 0.2) is 5.78 Å². The van der Waals surface area contributed by atoms with Crippen molar-refractivity contribution in [2.45, 2.75) is 13.3 Å². The van der Waals surface area contributed by atoms with E-state index >= 15 is 0 Å². The fourth-order valence-electron chi connectivity index (χ4n) is 2.30. The fourth-order valence-corrected chi connectivity index (χ4v) is 2.30. The van der Waals surface area contributed by atoms with Crippen LogP contribution in [0.1, 0.15) is 23.7 Å². The SMILES string of the molecule is CCC(=O)c1cn(-c2cccnc2)c2ccccc12. The predicted octanol–water partition coefficient (Wildman–Crippen LogP) is 3.62. The first-order chi connectivity index (χ1) is 9.31. The molecule has 94 valence electrons. The molecule has 3 aromatic rings. The van der Waals surface area contributed by atoms with Gasteiger partial charge in [-0.25, -0.2) is 0 Å². The van der Waals surface area contributed by atoms with Gasteiger partial charge in [0.25, 0.3) is 0 Å². The number of rotatable bonds is 3. The smallest absolute Gasteiger partial charge is 0.164 e. The zero-order valence-corrected chi connectivity index (χ0v) is 10.7. The summed E-state index contributed by atoms with van der Waals surface area (Å²) in [7, 11) is 0. The predicted molar refractivity (Wildman–Crippen MR) is 75.7 cm³/mol. The molecule has 0 unspecified atom stereocenters. The summed E-state index contributed by atoms with van der Waals surface area (Å²) < 4.78 is 2.02. The van der Waals surface area contributed by atoms with Gasteiger partial charge in [-0.2, -0.15) is 0 Å². The Balaban J connectivity index is 2.29. The first-order valence-electron chi connectivity index (χ1n) is 6.35. The van der Waals surface area contributed by atoms with Crippen LogP contribution in [0, 0.1) is 0 Å². The number of aromatic nitrogens is 2. The van der Waals surface area contributed by atoms with Crippen LogP contribution in [-0.4, -0.2) is 15.3 Å². The Hall–Kier alpha value is -2.42. The second-order valence-corrected chi connectivity index (χ2v) is 4.42. The van der Waals surface area contributed by atoms with Gasteiger partial charge in [-0.15, -0.1) is 0 Å².